The number of aromatic nitrogens is 2. The molecule has 0 aliphatic carbocycles. The third kappa shape index (κ3) is 6.20. The van der Waals surface area contributed by atoms with E-state index < -0.39 is 11.2 Å². The number of aryl methyl sites for hydroxylation is 2. The molecule has 1 aromatic heterocycles. The van der Waals surface area contributed by atoms with Crippen LogP contribution in [-0.2, 0) is 30.7 Å². The van der Waals surface area contributed by atoms with E-state index >= 15 is 0 Å². The van der Waals surface area contributed by atoms with E-state index in [-0.39, 0.29) is 30.5 Å². The van der Waals surface area contributed by atoms with E-state index in [1.165, 1.54) is 4.57 Å². The predicted octanol–water partition coefficient (Wildman–Crippen LogP) is 3.69. The molecule has 35 heavy (non-hydrogen) atoms. The van der Waals surface area contributed by atoms with Gasteiger partial charge in [-0.05, 0) is 36.0 Å². The molecule has 0 saturated heterocycles. The van der Waals surface area contributed by atoms with Crippen LogP contribution < -0.4 is 27.2 Å². The van der Waals surface area contributed by atoms with E-state index in [9.17, 15) is 14.4 Å². The fourth-order valence-electron chi connectivity index (χ4n) is 4.19. The molecule has 3 aromatic rings. The van der Waals surface area contributed by atoms with Gasteiger partial charge >= 0.3 is 5.69 Å². The number of unbranched alkanes of at least 4 members (excludes halogenated alkanes) is 1. The second-order valence-corrected chi connectivity index (χ2v) is 8.55. The summed E-state index contributed by atoms with van der Waals surface area (Å²) in [5.41, 5.74) is 9.18. The van der Waals surface area contributed by atoms with Crippen LogP contribution in [-0.4, -0.2) is 22.0 Å². The molecule has 0 fully saturated rings. The van der Waals surface area contributed by atoms with Crippen molar-refractivity contribution in [3.8, 4) is 0 Å². The van der Waals surface area contributed by atoms with Crippen molar-refractivity contribution in [3.05, 3.63) is 86.1 Å². The molecule has 0 radical (unpaired) electrons. The van der Waals surface area contributed by atoms with Crippen molar-refractivity contribution in [3.63, 3.8) is 0 Å². The number of aromatic amines is 1. The fourth-order valence-corrected chi connectivity index (χ4v) is 4.19. The minimum atomic E-state index is -0.604. The Labute approximate surface area is 205 Å². The summed E-state index contributed by atoms with van der Waals surface area (Å²) >= 11 is 0. The number of H-pyrrole nitrogens is 1. The average Bonchev–Trinajstić information content (AvgIpc) is 2.84. The van der Waals surface area contributed by atoms with Crippen molar-refractivity contribution in [1.29, 1.82) is 0 Å². The highest BCUT2D eigenvalue weighted by molar-refractivity contribution is 5.95. The SMILES string of the molecule is CCCCn1c(N)c(N(CC(=O)Nc2c(CC)cccc2CC)Cc2ccccc2)c(=O)[nH]c1=O. The maximum absolute atomic E-state index is 13.3. The van der Waals surface area contributed by atoms with Gasteiger partial charge in [0.15, 0.2) is 0 Å². The lowest BCUT2D eigenvalue weighted by Crippen LogP contribution is -2.41. The van der Waals surface area contributed by atoms with Gasteiger partial charge in [-0.2, -0.15) is 0 Å². The molecule has 3 rings (SSSR count). The zero-order valence-electron chi connectivity index (χ0n) is 20.8. The molecule has 0 aliphatic rings. The Hall–Kier alpha value is -3.81. The van der Waals surface area contributed by atoms with Crippen LogP contribution in [0.4, 0.5) is 17.2 Å². The van der Waals surface area contributed by atoms with Gasteiger partial charge in [-0.3, -0.25) is 19.1 Å². The normalized spacial score (nSPS) is 10.8. The molecule has 0 aliphatic heterocycles. The highest BCUT2D eigenvalue weighted by Crippen LogP contribution is 2.24. The first-order chi connectivity index (χ1) is 16.9. The molecule has 1 heterocycles. The fraction of sp³-hybridized carbons (Fsp3) is 0.370. The lowest BCUT2D eigenvalue weighted by molar-refractivity contribution is -0.115. The van der Waals surface area contributed by atoms with Crippen LogP contribution in [0, 0.1) is 0 Å². The maximum Gasteiger partial charge on any atom is 0.330 e. The molecule has 0 spiro atoms. The first-order valence-electron chi connectivity index (χ1n) is 12.2. The van der Waals surface area contributed by atoms with Crippen molar-refractivity contribution in [2.45, 2.75) is 59.5 Å². The smallest absolute Gasteiger partial charge is 0.330 e. The van der Waals surface area contributed by atoms with Crippen molar-refractivity contribution >= 4 is 23.1 Å². The van der Waals surface area contributed by atoms with E-state index in [2.05, 4.69) is 10.3 Å². The maximum atomic E-state index is 13.3. The van der Waals surface area contributed by atoms with Gasteiger partial charge in [0.1, 0.15) is 11.5 Å². The van der Waals surface area contributed by atoms with Crippen LogP contribution in [0.1, 0.15) is 50.3 Å². The van der Waals surface area contributed by atoms with Gasteiger partial charge in [-0.1, -0.05) is 75.7 Å². The monoisotopic (exact) mass is 477 g/mol. The van der Waals surface area contributed by atoms with Crippen LogP contribution >= 0.6 is 0 Å². The highest BCUT2D eigenvalue weighted by Gasteiger charge is 2.22. The van der Waals surface area contributed by atoms with Gasteiger partial charge in [0, 0.05) is 18.8 Å². The molecule has 0 saturated carbocycles. The van der Waals surface area contributed by atoms with E-state index in [1.807, 2.05) is 69.3 Å². The second-order valence-electron chi connectivity index (χ2n) is 8.55. The number of nitrogens with one attached hydrogen (secondary N) is 2. The molecule has 186 valence electrons. The van der Waals surface area contributed by atoms with Gasteiger partial charge in [0.05, 0.1) is 6.54 Å². The molecule has 0 atom stereocenters. The number of hydrogen-bond donors (Lipinski definition) is 3. The second kappa shape index (κ2) is 12.1. The number of hydrogen-bond acceptors (Lipinski definition) is 5. The Morgan fingerprint density at radius 1 is 1.00 bits per heavy atom. The first kappa shape index (κ1) is 25.8. The topological polar surface area (TPSA) is 113 Å². The van der Waals surface area contributed by atoms with Gasteiger partial charge in [-0.15, -0.1) is 0 Å². The minimum absolute atomic E-state index is 0.0686. The lowest BCUT2D eigenvalue weighted by Gasteiger charge is -2.26. The molecular formula is C27H35N5O3. The summed E-state index contributed by atoms with van der Waals surface area (Å²) < 4.78 is 1.37. The van der Waals surface area contributed by atoms with Crippen LogP contribution in [0.2, 0.25) is 0 Å². The number of anilines is 3. The quantitative estimate of drug-likeness (QED) is 0.390. The van der Waals surface area contributed by atoms with E-state index in [0.717, 1.165) is 48.1 Å². The Morgan fingerprint density at radius 2 is 1.66 bits per heavy atom. The highest BCUT2D eigenvalue weighted by atomic mass is 16.2. The van der Waals surface area contributed by atoms with Crippen molar-refractivity contribution in [1.82, 2.24) is 9.55 Å². The number of nitrogens with zero attached hydrogens (tertiary/aromatic N) is 2. The van der Waals surface area contributed by atoms with Crippen LogP contribution in [0.15, 0.2) is 58.1 Å². The summed E-state index contributed by atoms with van der Waals surface area (Å²) in [6.45, 7) is 6.68. The average molecular weight is 478 g/mol. The van der Waals surface area contributed by atoms with E-state index in [0.29, 0.717) is 6.54 Å². The van der Waals surface area contributed by atoms with Gasteiger partial charge in [0.25, 0.3) is 5.56 Å². The number of rotatable bonds is 11. The number of benzene rings is 2. The molecule has 1 amide bonds. The largest absolute Gasteiger partial charge is 0.383 e. The molecule has 0 unspecified atom stereocenters. The van der Waals surface area contributed by atoms with Gasteiger partial charge in [-0.25, -0.2) is 4.79 Å². The molecule has 4 N–H and O–H groups in total. The van der Waals surface area contributed by atoms with Gasteiger partial charge in [0.2, 0.25) is 5.91 Å². The zero-order valence-corrected chi connectivity index (χ0v) is 20.8. The van der Waals surface area contributed by atoms with Crippen LogP contribution in [0.25, 0.3) is 0 Å². The minimum Gasteiger partial charge on any atom is -0.383 e. The molecule has 8 nitrogen and oxygen atoms in total. The lowest BCUT2D eigenvalue weighted by atomic mass is 10.0. The number of amides is 1. The standard InChI is InChI=1S/C27H35N5O3/c1-4-7-16-32-25(28)24(26(34)30-27(32)35)31(17-19-12-9-8-10-13-19)18-22(33)29-23-20(5-2)14-11-15-21(23)6-3/h8-15H,4-7,16-18,28H2,1-3H3,(H,29,33)(H,30,34,35). The van der Waals surface area contributed by atoms with E-state index in [4.69, 9.17) is 5.73 Å². The Morgan fingerprint density at radius 3 is 2.26 bits per heavy atom. The Balaban J connectivity index is 2.00. The molecule has 0 bridgehead atoms. The molecule has 2 aromatic carbocycles. The Bertz CT molecular complexity index is 1240. The number of carbonyl (C=O) groups excluding carboxylic acids is 1. The molecule has 8 heteroatoms. The number of carbonyl (C=O) groups is 1. The summed E-state index contributed by atoms with van der Waals surface area (Å²) in [6, 6.07) is 15.5. The Kier molecular flexibility index (Phi) is 8.89. The summed E-state index contributed by atoms with van der Waals surface area (Å²) in [4.78, 5) is 42.7. The number of nitrogen functional groups attached to an aromatic ring is 1. The summed E-state index contributed by atoms with van der Waals surface area (Å²) in [5.74, 6) is -0.194. The third-order valence-electron chi connectivity index (χ3n) is 6.08. The van der Waals surface area contributed by atoms with Gasteiger partial charge < -0.3 is 16.0 Å². The summed E-state index contributed by atoms with van der Waals surface area (Å²) in [6.07, 6.45) is 3.17. The van der Waals surface area contributed by atoms with Crippen LogP contribution in [0.5, 0.6) is 0 Å². The predicted molar refractivity (Wildman–Crippen MR) is 142 cm³/mol. The van der Waals surface area contributed by atoms with Crippen LogP contribution in [0.3, 0.4) is 0 Å². The summed E-state index contributed by atoms with van der Waals surface area (Å²) in [5, 5.41) is 3.06. The zero-order chi connectivity index (χ0) is 25.4. The van der Waals surface area contributed by atoms with E-state index in [1.54, 1.807) is 4.90 Å². The number of para-hydroxylation sites is 1. The first-order valence-corrected chi connectivity index (χ1v) is 12.2. The van der Waals surface area contributed by atoms with Crippen molar-refractivity contribution < 1.29 is 4.79 Å². The third-order valence-corrected chi connectivity index (χ3v) is 6.08. The molecular weight excluding hydrogens is 442 g/mol. The number of nitrogens with two attached hydrogens (primary N) is 1. The van der Waals surface area contributed by atoms with Crippen molar-refractivity contribution in [2.24, 2.45) is 0 Å². The summed E-state index contributed by atoms with van der Waals surface area (Å²) in [7, 11) is 0. The van der Waals surface area contributed by atoms with Crippen molar-refractivity contribution in [2.75, 3.05) is 22.5 Å².